The first kappa shape index (κ1) is 24.7. The van der Waals surface area contributed by atoms with Crippen molar-refractivity contribution < 1.29 is 9.53 Å². The van der Waals surface area contributed by atoms with E-state index in [9.17, 15) is 4.79 Å². The van der Waals surface area contributed by atoms with Gasteiger partial charge in [-0.1, -0.05) is 23.8 Å². The van der Waals surface area contributed by atoms with Crippen LogP contribution in [0, 0.1) is 0 Å². The lowest BCUT2D eigenvalue weighted by Gasteiger charge is -2.15. The maximum absolute atomic E-state index is 12.4. The zero-order valence-electron chi connectivity index (χ0n) is 17.9. The van der Waals surface area contributed by atoms with Crippen LogP contribution in [0.5, 0.6) is 0 Å². The summed E-state index contributed by atoms with van der Waals surface area (Å²) in [7, 11) is 1.78. The highest BCUT2D eigenvalue weighted by atomic mass is 127. The Balaban J connectivity index is 0.00000320. The molecule has 1 atom stereocenters. The number of ether oxygens (including phenoxy) is 1. The van der Waals surface area contributed by atoms with Gasteiger partial charge in [0, 0.05) is 38.9 Å². The minimum absolute atomic E-state index is 0. The van der Waals surface area contributed by atoms with Gasteiger partial charge in [-0.2, -0.15) is 0 Å². The van der Waals surface area contributed by atoms with Gasteiger partial charge in [0.05, 0.1) is 6.10 Å². The van der Waals surface area contributed by atoms with Crippen LogP contribution in [-0.2, 0) is 11.3 Å². The molecule has 1 aromatic carbocycles. The largest absolute Gasteiger partial charge is 0.376 e. The fraction of sp³-hybridized carbons (Fsp3) is 0.565. The Kier molecular flexibility index (Phi) is 11.2. The van der Waals surface area contributed by atoms with Crippen molar-refractivity contribution >= 4 is 35.8 Å². The summed E-state index contributed by atoms with van der Waals surface area (Å²) in [5.74, 6) is 0.736. The molecule has 6 nitrogen and oxygen atoms in total. The van der Waals surface area contributed by atoms with Gasteiger partial charge in [0.2, 0.25) is 0 Å². The van der Waals surface area contributed by atoms with Crippen molar-refractivity contribution in [2.45, 2.75) is 57.6 Å². The molecule has 0 bridgehead atoms. The first-order valence-corrected chi connectivity index (χ1v) is 10.9. The molecular formula is C23H35IN4O2. The van der Waals surface area contributed by atoms with Gasteiger partial charge < -0.3 is 20.7 Å². The predicted molar refractivity (Wildman–Crippen MR) is 133 cm³/mol. The molecule has 166 valence electrons. The Labute approximate surface area is 197 Å². The van der Waals surface area contributed by atoms with Gasteiger partial charge in [-0.15, -0.1) is 24.0 Å². The van der Waals surface area contributed by atoms with E-state index in [-0.39, 0.29) is 36.0 Å². The molecule has 1 aliphatic heterocycles. The van der Waals surface area contributed by atoms with Crippen LogP contribution in [0.3, 0.4) is 0 Å². The van der Waals surface area contributed by atoms with Crippen molar-refractivity contribution in [3.8, 4) is 0 Å². The van der Waals surface area contributed by atoms with Crippen LogP contribution in [0.15, 0.2) is 40.9 Å². The molecule has 3 N–H and O–H groups in total. The van der Waals surface area contributed by atoms with Gasteiger partial charge in [-0.25, -0.2) is 0 Å². The smallest absolute Gasteiger partial charge is 0.251 e. The van der Waals surface area contributed by atoms with Crippen molar-refractivity contribution in [3.05, 3.63) is 47.0 Å². The zero-order chi connectivity index (χ0) is 20.3. The number of carbonyl (C=O) groups is 1. The average molecular weight is 526 g/mol. The third-order valence-electron chi connectivity index (χ3n) is 5.51. The van der Waals surface area contributed by atoms with Crippen LogP contribution in [0.1, 0.15) is 60.9 Å². The number of nitrogens with zero attached hydrogens (tertiary/aromatic N) is 1. The Morgan fingerprint density at radius 2 is 2.10 bits per heavy atom. The van der Waals surface area contributed by atoms with E-state index in [4.69, 9.17) is 4.74 Å². The molecule has 3 rings (SSSR count). The van der Waals surface area contributed by atoms with E-state index in [1.165, 1.54) is 25.7 Å². The van der Waals surface area contributed by atoms with Crippen LogP contribution < -0.4 is 16.0 Å². The summed E-state index contributed by atoms with van der Waals surface area (Å²) in [6.45, 7) is 2.88. The Morgan fingerprint density at radius 1 is 1.20 bits per heavy atom. The number of allylic oxidation sites excluding steroid dienone is 1. The van der Waals surface area contributed by atoms with E-state index in [1.807, 2.05) is 24.3 Å². The van der Waals surface area contributed by atoms with Crippen molar-refractivity contribution in [2.75, 3.05) is 26.7 Å². The number of aliphatic imine (C=N–C) groups is 1. The average Bonchev–Trinajstić information content (AvgIpc) is 3.29. The lowest BCUT2D eigenvalue weighted by molar-refractivity contribution is 0.0857. The molecule has 7 heteroatoms. The SMILES string of the molecule is CN=C(NCCC1=CCCCC1)NCc1cccc(C(=O)NCC2CCCO2)c1.I. The van der Waals surface area contributed by atoms with Crippen LogP contribution in [0.2, 0.25) is 0 Å². The lowest BCUT2D eigenvalue weighted by Crippen LogP contribution is -2.37. The minimum Gasteiger partial charge on any atom is -0.376 e. The summed E-state index contributed by atoms with van der Waals surface area (Å²) in [4.78, 5) is 16.7. The Hall–Kier alpha value is -1.61. The van der Waals surface area contributed by atoms with Gasteiger partial charge in [0.15, 0.2) is 5.96 Å². The molecule has 1 aromatic rings. The molecule has 1 fully saturated rings. The predicted octanol–water partition coefficient (Wildman–Crippen LogP) is 3.77. The Morgan fingerprint density at radius 3 is 2.83 bits per heavy atom. The molecule has 1 amide bonds. The summed E-state index contributed by atoms with van der Waals surface area (Å²) >= 11 is 0. The molecule has 1 saturated heterocycles. The maximum Gasteiger partial charge on any atom is 0.251 e. The maximum atomic E-state index is 12.4. The molecule has 0 saturated carbocycles. The van der Waals surface area contributed by atoms with Crippen LogP contribution in [0.25, 0.3) is 0 Å². The van der Waals surface area contributed by atoms with Crippen molar-refractivity contribution in [1.29, 1.82) is 0 Å². The van der Waals surface area contributed by atoms with Gasteiger partial charge in [-0.05, 0) is 62.6 Å². The number of guanidine groups is 1. The number of benzene rings is 1. The number of amides is 1. The van der Waals surface area contributed by atoms with Crippen LogP contribution in [0.4, 0.5) is 0 Å². The second-order valence-corrected chi connectivity index (χ2v) is 7.76. The van der Waals surface area contributed by atoms with E-state index in [1.54, 1.807) is 12.6 Å². The number of carbonyl (C=O) groups excluding carboxylic acids is 1. The fourth-order valence-corrected chi connectivity index (χ4v) is 3.82. The first-order chi connectivity index (χ1) is 14.2. The number of nitrogens with one attached hydrogen (secondary N) is 3. The molecular weight excluding hydrogens is 491 g/mol. The number of rotatable bonds is 8. The van der Waals surface area contributed by atoms with E-state index in [2.05, 4.69) is 27.0 Å². The van der Waals surface area contributed by atoms with Gasteiger partial charge in [0.25, 0.3) is 5.91 Å². The molecule has 1 unspecified atom stereocenters. The fourth-order valence-electron chi connectivity index (χ4n) is 3.82. The standard InChI is InChI=1S/C23H34N4O2.HI/c1-24-23(25-13-12-18-7-3-2-4-8-18)27-16-19-9-5-10-20(15-19)22(28)26-17-21-11-6-14-29-21;/h5,7,9-10,15,21H,2-4,6,8,11-14,16-17H2,1H3,(H,26,28)(H2,24,25,27);1H. The molecule has 0 radical (unpaired) electrons. The molecule has 0 aromatic heterocycles. The number of hydrogen-bond acceptors (Lipinski definition) is 3. The highest BCUT2D eigenvalue weighted by molar-refractivity contribution is 14.0. The third-order valence-corrected chi connectivity index (χ3v) is 5.51. The second kappa shape index (κ2) is 13.6. The summed E-state index contributed by atoms with van der Waals surface area (Å²) in [6, 6.07) is 7.71. The van der Waals surface area contributed by atoms with Crippen LogP contribution >= 0.6 is 24.0 Å². The third kappa shape index (κ3) is 8.26. The summed E-state index contributed by atoms with van der Waals surface area (Å²) in [5, 5.41) is 9.69. The molecule has 1 heterocycles. The zero-order valence-corrected chi connectivity index (χ0v) is 20.2. The molecule has 0 spiro atoms. The van der Waals surface area contributed by atoms with Crippen molar-refractivity contribution in [1.82, 2.24) is 16.0 Å². The van der Waals surface area contributed by atoms with E-state index < -0.39 is 0 Å². The van der Waals surface area contributed by atoms with Gasteiger partial charge in [-0.3, -0.25) is 9.79 Å². The molecule has 1 aliphatic carbocycles. The minimum atomic E-state index is -0.0504. The van der Waals surface area contributed by atoms with Gasteiger partial charge >= 0.3 is 0 Å². The molecule has 30 heavy (non-hydrogen) atoms. The number of hydrogen-bond donors (Lipinski definition) is 3. The number of halogens is 1. The van der Waals surface area contributed by atoms with E-state index in [0.29, 0.717) is 18.7 Å². The lowest BCUT2D eigenvalue weighted by atomic mass is 9.97. The van der Waals surface area contributed by atoms with Crippen molar-refractivity contribution in [3.63, 3.8) is 0 Å². The topological polar surface area (TPSA) is 74.8 Å². The Bertz CT molecular complexity index is 730. The first-order valence-electron chi connectivity index (χ1n) is 10.9. The van der Waals surface area contributed by atoms with E-state index in [0.717, 1.165) is 43.9 Å². The monoisotopic (exact) mass is 526 g/mol. The van der Waals surface area contributed by atoms with E-state index >= 15 is 0 Å². The summed E-state index contributed by atoms with van der Waals surface area (Å²) in [6.07, 6.45) is 10.8. The normalized spacial score (nSPS) is 18.9. The summed E-state index contributed by atoms with van der Waals surface area (Å²) in [5.41, 5.74) is 3.28. The second-order valence-electron chi connectivity index (χ2n) is 7.76. The highest BCUT2D eigenvalue weighted by Gasteiger charge is 2.16. The molecule has 2 aliphatic rings. The van der Waals surface area contributed by atoms with Crippen LogP contribution in [-0.4, -0.2) is 44.7 Å². The highest BCUT2D eigenvalue weighted by Crippen LogP contribution is 2.19. The van der Waals surface area contributed by atoms with Crippen molar-refractivity contribution in [2.24, 2.45) is 4.99 Å². The summed E-state index contributed by atoms with van der Waals surface area (Å²) < 4.78 is 5.56. The van der Waals surface area contributed by atoms with Gasteiger partial charge in [0.1, 0.15) is 0 Å². The quantitative estimate of drug-likeness (QED) is 0.209.